The number of hydrogen-bond donors (Lipinski definition) is 5. The number of anilines is 1. The number of nitrogens with one attached hydrogen (secondary N) is 5. The van der Waals surface area contributed by atoms with E-state index in [0.717, 1.165) is 292 Å². The number of amides is 1. The van der Waals surface area contributed by atoms with Crippen LogP contribution in [0.4, 0.5) is 19.0 Å². The van der Waals surface area contributed by atoms with Crippen molar-refractivity contribution in [2.24, 2.45) is 0 Å². The lowest BCUT2D eigenvalue weighted by Gasteiger charge is -2.35. The second-order valence-electron chi connectivity index (χ2n) is 37.9. The van der Waals surface area contributed by atoms with Crippen LogP contribution in [0.15, 0.2) is 290 Å². The SMILES string of the molecule is C1=CCN(Cc2nc3ccccc3n2Cc2nc3ccccc3[nH]2)C1.COC(=O)c1ccc2nc(CN3CCOCC3)n(Cc3nc4ccccc4[nH]3)c2c1.FC(F)(F)c1ccc(N2CCN(Cc3nc4ccccc4n3Cc3nc4ccccc4[nH]3)CC2)nc1.O=C(c1ccco1)N1CCN(Cc2nc3ccccc3n2Cc2nc3ccccc3[nH]2)CC1.c1ccc2[nH]c(Cn3c(CN4CCOCC4)nc4ccccc43)nc2c1. The molecule has 10 aromatic carbocycles. The zero-order valence-corrected chi connectivity index (χ0v) is 82.8. The molecular weight excluding hydrogens is 1900 g/mol. The van der Waals surface area contributed by atoms with Crippen molar-refractivity contribution >= 4 is 128 Å². The van der Waals surface area contributed by atoms with E-state index < -0.39 is 11.7 Å². The summed E-state index contributed by atoms with van der Waals surface area (Å²) >= 11 is 0. The number of morpholine rings is 2. The Morgan fingerprint density at radius 2 is 0.647 bits per heavy atom. The molecule has 5 aliphatic rings. The molecule has 0 radical (unpaired) electrons. The Morgan fingerprint density at radius 1 is 0.327 bits per heavy atom. The lowest BCUT2D eigenvalue weighted by Crippen LogP contribution is -2.48. The molecule has 0 bridgehead atoms. The number of carbonyl (C=O) groups excluding carboxylic acids is 2. The van der Waals surface area contributed by atoms with Gasteiger partial charge in [-0.15, -0.1) is 0 Å². The summed E-state index contributed by atoms with van der Waals surface area (Å²) in [5, 5.41) is 0. The van der Waals surface area contributed by atoms with Crippen molar-refractivity contribution in [3.63, 3.8) is 0 Å². The van der Waals surface area contributed by atoms with Gasteiger partial charge in [-0.3, -0.25) is 29.3 Å². The number of imidazole rings is 10. The van der Waals surface area contributed by atoms with E-state index in [1.54, 1.807) is 18.2 Å². The summed E-state index contributed by atoms with van der Waals surface area (Å²) in [7, 11) is 1.39. The van der Waals surface area contributed by atoms with Crippen molar-refractivity contribution in [2.45, 2.75) is 71.6 Å². The third kappa shape index (κ3) is 21.9. The minimum absolute atomic E-state index is 0.0447. The third-order valence-electron chi connectivity index (χ3n) is 28.0. The zero-order valence-electron chi connectivity index (χ0n) is 82.8. The molecule has 0 aliphatic carbocycles. The maximum Gasteiger partial charge on any atom is 0.417 e. The maximum atomic E-state index is 12.8. The molecule has 27 rings (SSSR count). The van der Waals surface area contributed by atoms with Gasteiger partial charge in [0.1, 0.15) is 64.1 Å². The number of carbonyl (C=O) groups is 2. The van der Waals surface area contributed by atoms with E-state index in [-0.39, 0.29) is 11.9 Å². The topological polar surface area (TPSA) is 343 Å². The van der Waals surface area contributed by atoms with Gasteiger partial charge in [-0.2, -0.15) is 13.2 Å². The first-order valence-electron chi connectivity index (χ1n) is 50.7. The molecule has 1 amide bonds. The minimum Gasteiger partial charge on any atom is -0.465 e. The molecule has 17 heterocycles. The third-order valence-corrected chi connectivity index (χ3v) is 28.0. The molecule has 150 heavy (non-hydrogen) atoms. The molecule has 5 aliphatic heterocycles. The first-order valence-corrected chi connectivity index (χ1v) is 50.7. The molecule has 0 spiro atoms. The number of aromatic amines is 5. The van der Waals surface area contributed by atoms with Crippen LogP contribution in [0.1, 0.15) is 84.7 Å². The number of halogens is 3. The summed E-state index contributed by atoms with van der Waals surface area (Å²) in [5.41, 5.74) is 20.0. The predicted molar refractivity (Wildman–Crippen MR) is 569 cm³/mol. The Bertz CT molecular complexity index is 8340. The lowest BCUT2D eigenvalue weighted by atomic mass is 10.2. The van der Waals surface area contributed by atoms with Gasteiger partial charge < -0.3 is 76.2 Å². The van der Waals surface area contributed by atoms with E-state index in [0.29, 0.717) is 89.1 Å². The summed E-state index contributed by atoms with van der Waals surface area (Å²) in [5.74, 6) is 10.2. The fourth-order valence-electron chi connectivity index (χ4n) is 20.3. The number of furan rings is 1. The molecule has 4 fully saturated rings. The molecule has 5 N–H and O–H groups in total. The number of benzene rings is 10. The van der Waals surface area contributed by atoms with Crippen LogP contribution in [-0.4, -0.2) is 269 Å². The number of nitrogens with zero attached hydrogens (tertiary/aromatic N) is 23. The number of esters is 1. The van der Waals surface area contributed by atoms with E-state index in [9.17, 15) is 22.8 Å². The highest BCUT2D eigenvalue weighted by molar-refractivity contribution is 5.94. The summed E-state index contributed by atoms with van der Waals surface area (Å²) in [6.45, 7) is 21.4. The minimum atomic E-state index is -4.38. The Kier molecular flexibility index (Phi) is 28.2. The van der Waals surface area contributed by atoms with E-state index in [4.69, 9.17) is 68.5 Å². The molecule has 37 heteroatoms. The van der Waals surface area contributed by atoms with Crippen LogP contribution in [-0.2, 0) is 85.8 Å². The predicted octanol–water partition coefficient (Wildman–Crippen LogP) is 16.9. The van der Waals surface area contributed by atoms with Gasteiger partial charge in [0.25, 0.3) is 5.91 Å². The molecule has 0 atom stereocenters. The number of ether oxygens (including phenoxy) is 3. The van der Waals surface area contributed by atoms with E-state index in [2.05, 4.69) is 150 Å². The molecule has 0 saturated carbocycles. The molecule has 22 aromatic rings. The number of H-pyrrole nitrogens is 5. The van der Waals surface area contributed by atoms with E-state index >= 15 is 0 Å². The van der Waals surface area contributed by atoms with Gasteiger partial charge >= 0.3 is 12.1 Å². The van der Waals surface area contributed by atoms with E-state index in [1.165, 1.54) is 19.4 Å². The quantitative estimate of drug-likeness (QED) is 0.0293. The Balaban J connectivity index is 0.000000103. The highest BCUT2D eigenvalue weighted by atomic mass is 19.4. The summed E-state index contributed by atoms with van der Waals surface area (Å²) in [4.78, 5) is 110. The zero-order chi connectivity index (χ0) is 101. The van der Waals surface area contributed by atoms with Crippen LogP contribution >= 0.6 is 0 Å². The fraction of sp³-hybridized carbons (Fsp3) is 0.265. The van der Waals surface area contributed by atoms with Crippen LogP contribution < -0.4 is 4.90 Å². The van der Waals surface area contributed by atoms with Crippen molar-refractivity contribution in [3.8, 4) is 0 Å². The number of aromatic nitrogens is 21. The van der Waals surface area contributed by atoms with Gasteiger partial charge in [0.15, 0.2) is 5.76 Å². The molecule has 0 unspecified atom stereocenters. The summed E-state index contributed by atoms with van der Waals surface area (Å²) in [6.07, 6.45) is 2.49. The van der Waals surface area contributed by atoms with Crippen LogP contribution in [0.5, 0.6) is 0 Å². The molecule has 4 saturated heterocycles. The van der Waals surface area contributed by atoms with Gasteiger partial charge in [-0.05, 0) is 152 Å². The standard InChI is InChI=1S/C26H24F3N7.C25H24N6O2.C22H23N5O3.C20H21N5O.C20H19N5/c27-26(28,29)18-9-10-24(30-15-18)35-13-11-34(12-14-35)17-25-33-21-7-3-4-8-22(21)36(25)16-23-31-19-5-1-2-6-20(19)32-23;32-25(22-10-5-15-33-22)30-13-11-29(12-14-30)17-24-28-20-8-3-4-9-21(20)31(24)16-23-26-18-6-1-2-7-19(18)27-23;1-29-22(28)15-6-7-18-19(12-15)27(21(25-18)14-26-8-10-30-11-9-26)13-20-23-16-4-2-3-5-17(16)24-20;1-2-6-16-15(5-1)21-19(22-16)13-25-18-8-4-3-7-17(18)23-20(25)14-24-9-11-26-12-10-24;1-2-8-16-15(7-1)21-19(22-16)13-25-18-10-4-3-9-17(18)23-20(25)14-24-11-5-6-12-24/h1-10,15H,11-14,16-17H2,(H,31,32);1-10,15H,11-14,16-17H2,(H,26,27);2-7,12H,8-11,13-14H2,1H3,(H,23,24);1-8H,9-14H2,(H,21,22);1-10H,11-14H2,(H,21,22). The number of piperazine rings is 2. The number of alkyl halides is 3. The molecule has 12 aromatic heterocycles. The van der Waals surface area contributed by atoms with Gasteiger partial charge in [0.05, 0.1) is 227 Å². The van der Waals surface area contributed by atoms with E-state index in [1.807, 2.05) is 180 Å². The van der Waals surface area contributed by atoms with Crippen molar-refractivity contribution in [3.05, 3.63) is 361 Å². The van der Waals surface area contributed by atoms with Crippen LogP contribution in [0, 0.1) is 0 Å². The second-order valence-corrected chi connectivity index (χ2v) is 37.9. The first kappa shape index (κ1) is 96.8. The monoisotopic (exact) mass is 2010 g/mol. The highest BCUT2D eigenvalue weighted by Gasteiger charge is 2.33. The van der Waals surface area contributed by atoms with Crippen LogP contribution in [0.3, 0.4) is 0 Å². The summed E-state index contributed by atoms with van der Waals surface area (Å²) < 4.78 is 70.8. The molecule has 760 valence electrons. The van der Waals surface area contributed by atoms with Gasteiger partial charge in [-0.25, -0.2) is 59.6 Å². The van der Waals surface area contributed by atoms with Crippen molar-refractivity contribution in [1.82, 2.24) is 132 Å². The largest absolute Gasteiger partial charge is 0.465 e. The second kappa shape index (κ2) is 43.8. The Labute approximate surface area is 858 Å². The van der Waals surface area contributed by atoms with Crippen molar-refractivity contribution < 1.29 is 41.4 Å². The Morgan fingerprint density at radius 3 is 0.973 bits per heavy atom. The molecular formula is C113H111F3N28O6. The number of pyridine rings is 1. The smallest absolute Gasteiger partial charge is 0.417 e. The van der Waals surface area contributed by atoms with Gasteiger partial charge in [0, 0.05) is 97.8 Å². The number of methoxy groups -OCH3 is 1. The number of rotatable bonds is 23. The maximum absolute atomic E-state index is 12.8. The summed E-state index contributed by atoms with van der Waals surface area (Å²) in [6, 6.07) is 84.8. The highest BCUT2D eigenvalue weighted by Crippen LogP contribution is 2.33. The van der Waals surface area contributed by atoms with Gasteiger partial charge in [-0.1, -0.05) is 121 Å². The lowest BCUT2D eigenvalue weighted by molar-refractivity contribution is -0.137. The number of hydrogen-bond acceptors (Lipinski definition) is 23. The average Bonchev–Trinajstić information content (AvgIpc) is 1.65. The van der Waals surface area contributed by atoms with Crippen LogP contribution in [0.2, 0.25) is 0 Å². The van der Waals surface area contributed by atoms with Crippen molar-refractivity contribution in [2.75, 3.05) is 130 Å². The molecule has 34 nitrogen and oxygen atoms in total. The van der Waals surface area contributed by atoms with Crippen LogP contribution in [0.25, 0.3) is 110 Å². The Hall–Kier alpha value is -16.7. The number of para-hydroxylation sites is 18. The fourth-order valence-corrected chi connectivity index (χ4v) is 20.3. The van der Waals surface area contributed by atoms with Gasteiger partial charge in [0.2, 0.25) is 0 Å². The average molecular weight is 2010 g/mol. The van der Waals surface area contributed by atoms with Crippen molar-refractivity contribution in [1.29, 1.82) is 0 Å². The first-order chi connectivity index (χ1) is 73.6. The normalized spacial score (nSPS) is 15.2. The number of fused-ring (bicyclic) bond motifs is 10.